The lowest BCUT2D eigenvalue weighted by Gasteiger charge is -2.25. The molecule has 0 radical (unpaired) electrons. The zero-order chi connectivity index (χ0) is 10.1. The molecular weight excluding hydrogens is 188 g/mol. The molecule has 3 rings (SSSR count). The van der Waals surface area contributed by atoms with E-state index >= 15 is 0 Å². The number of aliphatic carboxylic acids is 1. The van der Waals surface area contributed by atoms with Gasteiger partial charge < -0.3 is 14.9 Å². The van der Waals surface area contributed by atoms with Gasteiger partial charge in [0, 0.05) is 5.92 Å². The molecule has 5 unspecified atom stereocenters. The van der Waals surface area contributed by atoms with Crippen LogP contribution in [0.1, 0.15) is 12.8 Å². The van der Waals surface area contributed by atoms with E-state index in [2.05, 4.69) is 0 Å². The zero-order valence-electron chi connectivity index (χ0n) is 7.34. The van der Waals surface area contributed by atoms with Crippen LogP contribution >= 0.6 is 0 Å². The first-order valence-electron chi connectivity index (χ1n) is 4.70. The summed E-state index contributed by atoms with van der Waals surface area (Å²) in [4.78, 5) is 22.6. The number of aliphatic hydroxyl groups excluding tert-OH is 1. The predicted octanol–water partition coefficient (Wildman–Crippen LogP) is -0.617. The van der Waals surface area contributed by atoms with Crippen molar-refractivity contribution < 1.29 is 24.5 Å². The van der Waals surface area contributed by atoms with Gasteiger partial charge in [-0.05, 0) is 18.8 Å². The predicted molar refractivity (Wildman–Crippen MR) is 42.2 cm³/mol. The van der Waals surface area contributed by atoms with Crippen LogP contribution in [-0.4, -0.2) is 34.4 Å². The molecule has 76 valence electrons. The first-order chi connectivity index (χ1) is 6.57. The molecule has 0 amide bonds. The van der Waals surface area contributed by atoms with Gasteiger partial charge in [-0.25, -0.2) is 0 Å². The third-order valence-corrected chi connectivity index (χ3v) is 3.98. The molecule has 1 saturated heterocycles. The van der Waals surface area contributed by atoms with Crippen molar-refractivity contribution in [2.24, 2.45) is 17.3 Å². The molecule has 2 saturated carbocycles. The van der Waals surface area contributed by atoms with E-state index in [1.807, 2.05) is 0 Å². The summed E-state index contributed by atoms with van der Waals surface area (Å²) in [7, 11) is 0. The van der Waals surface area contributed by atoms with Gasteiger partial charge in [-0.1, -0.05) is 0 Å². The highest BCUT2D eigenvalue weighted by Gasteiger charge is 2.73. The number of hydrogen-bond acceptors (Lipinski definition) is 4. The fourth-order valence-electron chi connectivity index (χ4n) is 3.31. The number of aliphatic hydroxyl groups is 1. The number of rotatable bonds is 1. The number of ether oxygens (including phenoxy) is 1. The molecule has 3 fully saturated rings. The quantitative estimate of drug-likeness (QED) is 0.433. The van der Waals surface area contributed by atoms with Crippen LogP contribution in [0.15, 0.2) is 0 Å². The van der Waals surface area contributed by atoms with E-state index in [-0.39, 0.29) is 18.3 Å². The zero-order valence-corrected chi connectivity index (χ0v) is 7.34. The van der Waals surface area contributed by atoms with Crippen LogP contribution < -0.4 is 0 Å². The van der Waals surface area contributed by atoms with Gasteiger partial charge in [0.25, 0.3) is 0 Å². The van der Waals surface area contributed by atoms with Crippen molar-refractivity contribution >= 4 is 11.9 Å². The molecule has 0 aromatic heterocycles. The molecule has 1 heterocycles. The van der Waals surface area contributed by atoms with Gasteiger partial charge in [0.1, 0.15) is 6.10 Å². The van der Waals surface area contributed by atoms with Crippen molar-refractivity contribution in [3.63, 3.8) is 0 Å². The van der Waals surface area contributed by atoms with Gasteiger partial charge >= 0.3 is 11.9 Å². The lowest BCUT2D eigenvalue weighted by Crippen LogP contribution is -2.43. The highest BCUT2D eigenvalue weighted by atomic mass is 16.6. The Labute approximate surface area is 79.7 Å². The fourth-order valence-corrected chi connectivity index (χ4v) is 3.31. The van der Waals surface area contributed by atoms with Gasteiger partial charge in [0.2, 0.25) is 0 Å². The van der Waals surface area contributed by atoms with Crippen molar-refractivity contribution in [1.82, 2.24) is 0 Å². The maximum Gasteiger partial charge on any atom is 0.324 e. The Kier molecular flexibility index (Phi) is 1.24. The Morgan fingerprint density at radius 2 is 2.29 bits per heavy atom. The Hall–Kier alpha value is -1.10. The lowest BCUT2D eigenvalue weighted by molar-refractivity contribution is -0.161. The fraction of sp³-hybridized carbons (Fsp3) is 0.778. The van der Waals surface area contributed by atoms with E-state index in [0.29, 0.717) is 6.42 Å². The van der Waals surface area contributed by atoms with E-state index in [9.17, 15) is 14.7 Å². The Morgan fingerprint density at radius 3 is 2.86 bits per heavy atom. The van der Waals surface area contributed by atoms with Gasteiger partial charge in [0.05, 0.1) is 6.10 Å². The standard InChI is InChI=1S/C9H10O5/c10-5-3-1-4-6(5)14-8(13)9(4,2-3)7(11)12/h3-6,10H,1-2H2,(H,11,12). The van der Waals surface area contributed by atoms with Gasteiger partial charge in [-0.15, -0.1) is 0 Å². The Bertz CT molecular complexity index is 338. The van der Waals surface area contributed by atoms with Crippen LogP contribution in [0.25, 0.3) is 0 Å². The van der Waals surface area contributed by atoms with Crippen molar-refractivity contribution in [3.05, 3.63) is 0 Å². The second kappa shape index (κ2) is 2.11. The number of carbonyl (C=O) groups is 2. The molecule has 14 heavy (non-hydrogen) atoms. The van der Waals surface area contributed by atoms with Crippen LogP contribution in [0, 0.1) is 17.3 Å². The number of carboxylic acid groups (broad SMARTS) is 1. The summed E-state index contributed by atoms with van der Waals surface area (Å²) in [6.45, 7) is 0. The van der Waals surface area contributed by atoms with E-state index < -0.39 is 29.6 Å². The second-order valence-corrected chi connectivity index (χ2v) is 4.44. The van der Waals surface area contributed by atoms with Crippen LogP contribution in [-0.2, 0) is 14.3 Å². The van der Waals surface area contributed by atoms with Crippen LogP contribution in [0.2, 0.25) is 0 Å². The number of fused-ring (bicyclic) bond motifs is 1. The average molecular weight is 198 g/mol. The van der Waals surface area contributed by atoms with Gasteiger partial charge in [-0.2, -0.15) is 0 Å². The number of hydrogen-bond donors (Lipinski definition) is 2. The highest BCUT2D eigenvalue weighted by Crippen LogP contribution is 2.61. The number of carboxylic acids is 1. The van der Waals surface area contributed by atoms with Crippen molar-refractivity contribution in [2.45, 2.75) is 25.0 Å². The SMILES string of the molecule is O=C(O)C12CC3CC1C(OC2=O)C3O. The number of carbonyl (C=O) groups excluding carboxylic acids is 1. The van der Waals surface area contributed by atoms with E-state index in [1.54, 1.807) is 0 Å². The smallest absolute Gasteiger partial charge is 0.324 e. The molecular formula is C9H10O5. The first-order valence-corrected chi connectivity index (χ1v) is 4.70. The lowest BCUT2D eigenvalue weighted by atomic mass is 9.73. The van der Waals surface area contributed by atoms with E-state index in [1.165, 1.54) is 0 Å². The maximum absolute atomic E-state index is 11.5. The van der Waals surface area contributed by atoms with Crippen LogP contribution in [0.3, 0.4) is 0 Å². The largest absolute Gasteiger partial charge is 0.480 e. The molecule has 2 N–H and O–H groups in total. The Morgan fingerprint density at radius 1 is 1.57 bits per heavy atom. The summed E-state index contributed by atoms with van der Waals surface area (Å²) in [5, 5.41) is 18.7. The van der Waals surface area contributed by atoms with Gasteiger partial charge in [0.15, 0.2) is 5.41 Å². The summed E-state index contributed by atoms with van der Waals surface area (Å²) >= 11 is 0. The minimum Gasteiger partial charge on any atom is -0.480 e. The monoisotopic (exact) mass is 198 g/mol. The first kappa shape index (κ1) is 8.23. The normalized spacial score (nSPS) is 53.6. The Balaban J connectivity index is 2.11. The molecule has 0 spiro atoms. The van der Waals surface area contributed by atoms with Crippen molar-refractivity contribution in [1.29, 1.82) is 0 Å². The molecule has 5 atom stereocenters. The molecule has 0 aromatic carbocycles. The summed E-state index contributed by atoms with van der Waals surface area (Å²) < 4.78 is 4.95. The topological polar surface area (TPSA) is 83.8 Å². The molecule has 1 aliphatic heterocycles. The second-order valence-electron chi connectivity index (χ2n) is 4.44. The van der Waals surface area contributed by atoms with Crippen LogP contribution in [0.5, 0.6) is 0 Å². The van der Waals surface area contributed by atoms with Crippen molar-refractivity contribution in [3.8, 4) is 0 Å². The van der Waals surface area contributed by atoms with E-state index in [4.69, 9.17) is 9.84 Å². The molecule has 2 bridgehead atoms. The third-order valence-electron chi connectivity index (χ3n) is 3.98. The molecule has 3 aliphatic rings. The highest BCUT2D eigenvalue weighted by molar-refractivity contribution is 6.02. The molecule has 2 aliphatic carbocycles. The van der Waals surface area contributed by atoms with E-state index in [0.717, 1.165) is 0 Å². The molecule has 5 nitrogen and oxygen atoms in total. The summed E-state index contributed by atoms with van der Waals surface area (Å²) in [6, 6.07) is 0. The third kappa shape index (κ3) is 0.609. The summed E-state index contributed by atoms with van der Waals surface area (Å²) in [5.41, 5.74) is -1.34. The molecule has 0 aromatic rings. The molecule has 5 heteroatoms. The average Bonchev–Trinajstić information content (AvgIpc) is 2.67. The summed E-state index contributed by atoms with van der Waals surface area (Å²) in [5.74, 6) is -2.14. The van der Waals surface area contributed by atoms with Crippen LogP contribution in [0.4, 0.5) is 0 Å². The number of esters is 1. The minimum absolute atomic E-state index is 0.0763. The maximum atomic E-state index is 11.5. The van der Waals surface area contributed by atoms with Crippen molar-refractivity contribution in [2.75, 3.05) is 0 Å². The minimum atomic E-state index is -1.34. The van der Waals surface area contributed by atoms with Gasteiger partial charge in [-0.3, -0.25) is 9.59 Å². The summed E-state index contributed by atoms with van der Waals surface area (Å²) in [6.07, 6.45) is -0.385.